The Morgan fingerprint density at radius 1 is 1.24 bits per heavy atom. The predicted molar refractivity (Wildman–Crippen MR) is 112 cm³/mol. The summed E-state index contributed by atoms with van der Waals surface area (Å²) in [5, 5.41) is 21.2. The monoisotopic (exact) mass is 418 g/mol. The third-order valence-electron chi connectivity index (χ3n) is 4.42. The highest BCUT2D eigenvalue weighted by Gasteiger charge is 2.33. The molecule has 0 radical (unpaired) electrons. The van der Waals surface area contributed by atoms with Crippen LogP contribution < -0.4 is 5.56 Å². The minimum Gasteiger partial charge on any atom is -0.480 e. The van der Waals surface area contributed by atoms with Gasteiger partial charge in [0.1, 0.15) is 6.04 Å². The second-order valence-corrected chi connectivity index (χ2v) is 12.2. The van der Waals surface area contributed by atoms with Crippen molar-refractivity contribution in [3.63, 3.8) is 0 Å². The molecular weight excluding hydrogens is 392 g/mol. The lowest BCUT2D eigenvalue weighted by atomic mass is 10.0. The van der Waals surface area contributed by atoms with E-state index in [1.165, 1.54) is 12.3 Å². The van der Waals surface area contributed by atoms with E-state index in [1.807, 2.05) is 50.0 Å². The zero-order chi connectivity index (χ0) is 21.8. The van der Waals surface area contributed by atoms with Gasteiger partial charge in [0.2, 0.25) is 0 Å². The zero-order valence-corrected chi connectivity index (χ0v) is 18.0. The van der Waals surface area contributed by atoms with E-state index in [1.54, 1.807) is 6.92 Å². The van der Waals surface area contributed by atoms with Gasteiger partial charge in [-0.25, -0.2) is 4.79 Å². The summed E-state index contributed by atoms with van der Waals surface area (Å²) in [6.07, 6.45) is 1.13. The number of hydrogen-bond donors (Lipinski definition) is 1. The predicted octanol–water partition coefficient (Wildman–Crippen LogP) is 3.93. The van der Waals surface area contributed by atoms with Crippen LogP contribution in [0.3, 0.4) is 0 Å². The molecule has 156 valence electrons. The second-order valence-electron chi connectivity index (χ2n) is 7.76. The van der Waals surface area contributed by atoms with Crippen molar-refractivity contribution < 1.29 is 19.3 Å². The maximum atomic E-state index is 12.9. The number of aromatic nitrogens is 1. The molecule has 2 aromatic rings. The van der Waals surface area contributed by atoms with E-state index >= 15 is 0 Å². The summed E-state index contributed by atoms with van der Waals surface area (Å²) < 4.78 is 7.13. The Hall–Kier alpha value is -2.78. The van der Waals surface area contributed by atoms with Gasteiger partial charge in [0.15, 0.2) is 8.32 Å². The number of rotatable bonds is 9. The van der Waals surface area contributed by atoms with Gasteiger partial charge in [-0.05, 0) is 37.7 Å². The molecule has 1 heterocycles. The van der Waals surface area contributed by atoms with E-state index < -0.39 is 42.6 Å². The van der Waals surface area contributed by atoms with Crippen LogP contribution in [-0.4, -0.2) is 28.9 Å². The Morgan fingerprint density at radius 2 is 1.86 bits per heavy atom. The lowest BCUT2D eigenvalue weighted by Crippen LogP contribution is -2.33. The first-order valence-corrected chi connectivity index (χ1v) is 12.8. The van der Waals surface area contributed by atoms with E-state index in [2.05, 4.69) is 0 Å². The number of nitrogens with zero attached hydrogens (tertiary/aromatic N) is 2. The van der Waals surface area contributed by atoms with Gasteiger partial charge in [-0.2, -0.15) is 0 Å². The summed E-state index contributed by atoms with van der Waals surface area (Å²) in [6.45, 7) is 7.51. The fourth-order valence-electron chi connectivity index (χ4n) is 3.20. The summed E-state index contributed by atoms with van der Waals surface area (Å²) in [4.78, 5) is 35.4. The molecule has 9 heteroatoms. The van der Waals surface area contributed by atoms with Crippen LogP contribution in [0.1, 0.15) is 36.6 Å². The number of hydrogen-bond acceptors (Lipinski definition) is 5. The SMILES string of the molecule is CCC(C(=O)O)n1ccc(C(Cc2ccccc2)O[Si](C)(C)C)c([N+](=O)[O-])c1=O. The molecule has 1 aromatic carbocycles. The fourth-order valence-corrected chi connectivity index (χ4v) is 4.27. The molecule has 29 heavy (non-hydrogen) atoms. The summed E-state index contributed by atoms with van der Waals surface area (Å²) in [7, 11) is -2.12. The Bertz CT molecular complexity index is 936. The highest BCUT2D eigenvalue weighted by Crippen LogP contribution is 2.31. The summed E-state index contributed by atoms with van der Waals surface area (Å²) in [5.74, 6) is -1.21. The van der Waals surface area contributed by atoms with Gasteiger partial charge < -0.3 is 9.53 Å². The average Bonchev–Trinajstić information content (AvgIpc) is 2.62. The van der Waals surface area contributed by atoms with Gasteiger partial charge in [0.05, 0.1) is 16.6 Å². The molecule has 2 unspecified atom stereocenters. The minimum atomic E-state index is -2.12. The number of nitro groups is 1. The van der Waals surface area contributed by atoms with Crippen LogP contribution in [0.5, 0.6) is 0 Å². The molecule has 0 bridgehead atoms. The molecule has 0 aliphatic carbocycles. The van der Waals surface area contributed by atoms with Crippen molar-refractivity contribution in [1.29, 1.82) is 0 Å². The lowest BCUT2D eigenvalue weighted by Gasteiger charge is -2.27. The van der Waals surface area contributed by atoms with Crippen LogP contribution in [0.4, 0.5) is 5.69 Å². The third-order valence-corrected chi connectivity index (χ3v) is 5.41. The van der Waals surface area contributed by atoms with Crippen LogP contribution in [-0.2, 0) is 15.6 Å². The summed E-state index contributed by atoms with van der Waals surface area (Å²) in [5.41, 5.74) is -0.473. The van der Waals surface area contributed by atoms with Crippen LogP contribution in [0, 0.1) is 10.1 Å². The molecule has 0 saturated heterocycles. The van der Waals surface area contributed by atoms with E-state index in [0.29, 0.717) is 6.42 Å². The average molecular weight is 419 g/mol. The van der Waals surface area contributed by atoms with E-state index in [-0.39, 0.29) is 12.0 Å². The highest BCUT2D eigenvalue weighted by molar-refractivity contribution is 6.69. The van der Waals surface area contributed by atoms with Gasteiger partial charge in [0.25, 0.3) is 0 Å². The van der Waals surface area contributed by atoms with Crippen molar-refractivity contribution in [2.45, 2.75) is 51.6 Å². The number of carboxylic acid groups (broad SMARTS) is 1. The smallest absolute Gasteiger partial charge is 0.339 e. The van der Waals surface area contributed by atoms with Gasteiger partial charge in [-0.3, -0.25) is 19.5 Å². The molecule has 1 N–H and O–H groups in total. The molecule has 0 aliphatic rings. The number of carbonyl (C=O) groups is 1. The Balaban J connectivity index is 2.63. The molecule has 1 aromatic heterocycles. The zero-order valence-electron chi connectivity index (χ0n) is 17.0. The van der Waals surface area contributed by atoms with Gasteiger partial charge >= 0.3 is 17.2 Å². The molecule has 8 nitrogen and oxygen atoms in total. The summed E-state index contributed by atoms with van der Waals surface area (Å²) in [6, 6.07) is 9.67. The number of pyridine rings is 1. The van der Waals surface area contributed by atoms with Gasteiger partial charge in [0, 0.05) is 12.6 Å². The van der Waals surface area contributed by atoms with Crippen LogP contribution in [0.2, 0.25) is 19.6 Å². The quantitative estimate of drug-likeness (QED) is 0.375. The number of aliphatic carboxylic acids is 1. The largest absolute Gasteiger partial charge is 0.480 e. The molecule has 0 spiro atoms. The first kappa shape index (κ1) is 22.5. The number of benzene rings is 1. The molecule has 0 saturated carbocycles. The van der Waals surface area contributed by atoms with E-state index in [4.69, 9.17) is 4.43 Å². The summed E-state index contributed by atoms with van der Waals surface area (Å²) >= 11 is 0. The van der Waals surface area contributed by atoms with Crippen molar-refractivity contribution in [2.24, 2.45) is 0 Å². The van der Waals surface area contributed by atoms with E-state index in [9.17, 15) is 24.8 Å². The van der Waals surface area contributed by atoms with Gasteiger partial charge in [-0.1, -0.05) is 37.3 Å². The molecule has 0 fully saturated rings. The Kier molecular flexibility index (Phi) is 7.10. The van der Waals surface area contributed by atoms with Crippen LogP contribution in [0.15, 0.2) is 47.4 Å². The van der Waals surface area contributed by atoms with Crippen molar-refractivity contribution in [2.75, 3.05) is 0 Å². The van der Waals surface area contributed by atoms with E-state index in [0.717, 1.165) is 10.1 Å². The highest BCUT2D eigenvalue weighted by atomic mass is 28.4. The van der Waals surface area contributed by atoms with Gasteiger partial charge in [-0.15, -0.1) is 0 Å². The van der Waals surface area contributed by atoms with Crippen molar-refractivity contribution in [1.82, 2.24) is 4.57 Å². The molecule has 0 amide bonds. The van der Waals surface area contributed by atoms with Crippen molar-refractivity contribution in [3.05, 3.63) is 74.2 Å². The van der Waals surface area contributed by atoms with Crippen LogP contribution in [0.25, 0.3) is 0 Å². The topological polar surface area (TPSA) is 112 Å². The molecule has 0 aliphatic heterocycles. The minimum absolute atomic E-state index is 0.130. The first-order chi connectivity index (χ1) is 13.5. The standard InChI is InChI=1S/C20H26N2O6Si/c1-5-16(20(24)25)21-12-11-15(18(19(21)23)22(26)27)17(28-29(2,3)4)13-14-9-7-6-8-10-14/h6-12,16-17H,5,13H2,1-4H3,(H,24,25). The fraction of sp³-hybridized carbons (Fsp3) is 0.400. The third kappa shape index (κ3) is 5.61. The Labute approximate surface area is 170 Å². The molecule has 2 atom stereocenters. The van der Waals surface area contributed by atoms with Crippen LogP contribution >= 0.6 is 0 Å². The number of carboxylic acids is 1. The first-order valence-electron chi connectivity index (χ1n) is 9.39. The normalized spacial score (nSPS) is 13.7. The van der Waals surface area contributed by atoms with Crippen molar-refractivity contribution in [3.8, 4) is 0 Å². The molecule has 2 rings (SSSR count). The Morgan fingerprint density at radius 3 is 2.34 bits per heavy atom. The lowest BCUT2D eigenvalue weighted by molar-refractivity contribution is -0.387. The second kappa shape index (κ2) is 9.14. The maximum absolute atomic E-state index is 12.9. The maximum Gasteiger partial charge on any atom is 0.339 e. The molecular formula is C20H26N2O6Si. The van der Waals surface area contributed by atoms with Crippen molar-refractivity contribution >= 4 is 20.0 Å².